The molecular formula is C17H34N4O2. The van der Waals surface area contributed by atoms with Crippen LogP contribution in [0.25, 0.3) is 0 Å². The summed E-state index contributed by atoms with van der Waals surface area (Å²) in [5, 5.41) is 6.56. The van der Waals surface area contributed by atoms with E-state index in [1.807, 2.05) is 11.8 Å². The number of nitrogens with one attached hydrogen (secondary N) is 2. The van der Waals surface area contributed by atoms with Crippen LogP contribution in [0.5, 0.6) is 0 Å². The molecule has 0 aliphatic carbocycles. The Morgan fingerprint density at radius 1 is 1.22 bits per heavy atom. The third kappa shape index (κ3) is 9.43. The Morgan fingerprint density at radius 3 is 2.87 bits per heavy atom. The maximum atomic E-state index is 11.9. The zero-order valence-electron chi connectivity index (χ0n) is 14.9. The second-order valence-electron chi connectivity index (χ2n) is 5.78. The molecule has 1 rings (SSSR count). The fraction of sp³-hybridized carbons (Fsp3) is 0.882. The molecule has 1 fully saturated rings. The van der Waals surface area contributed by atoms with Gasteiger partial charge in [0.15, 0.2) is 5.96 Å². The van der Waals surface area contributed by atoms with Gasteiger partial charge in [0.05, 0.1) is 0 Å². The number of likely N-dealkylation sites (tertiary alicyclic amines) is 1. The zero-order chi connectivity index (χ0) is 16.8. The predicted octanol–water partition coefficient (Wildman–Crippen LogP) is 1.76. The number of hydrogen-bond acceptors (Lipinski definition) is 3. The van der Waals surface area contributed by atoms with E-state index in [1.165, 1.54) is 6.42 Å². The van der Waals surface area contributed by atoms with Gasteiger partial charge < -0.3 is 20.3 Å². The van der Waals surface area contributed by atoms with Crippen LogP contribution >= 0.6 is 0 Å². The second kappa shape index (κ2) is 13.2. The monoisotopic (exact) mass is 326 g/mol. The molecule has 1 amide bonds. The van der Waals surface area contributed by atoms with Gasteiger partial charge in [-0.05, 0) is 39.5 Å². The first-order valence-corrected chi connectivity index (χ1v) is 9.15. The average Bonchev–Trinajstić information content (AvgIpc) is 2.75. The summed E-state index contributed by atoms with van der Waals surface area (Å²) < 4.78 is 5.32. The van der Waals surface area contributed by atoms with Gasteiger partial charge >= 0.3 is 0 Å². The third-order valence-corrected chi connectivity index (χ3v) is 3.83. The highest BCUT2D eigenvalue weighted by Gasteiger charge is 2.15. The first-order chi connectivity index (χ1) is 11.3. The van der Waals surface area contributed by atoms with E-state index in [9.17, 15) is 4.79 Å². The summed E-state index contributed by atoms with van der Waals surface area (Å²) in [5.41, 5.74) is 0. The Labute approximate surface area is 141 Å². The molecule has 1 saturated heterocycles. The Morgan fingerprint density at radius 2 is 2.09 bits per heavy atom. The van der Waals surface area contributed by atoms with Gasteiger partial charge in [-0.15, -0.1) is 0 Å². The summed E-state index contributed by atoms with van der Waals surface area (Å²) in [4.78, 5) is 18.5. The fourth-order valence-electron chi connectivity index (χ4n) is 2.59. The van der Waals surface area contributed by atoms with Crippen molar-refractivity contribution in [3.63, 3.8) is 0 Å². The van der Waals surface area contributed by atoms with Gasteiger partial charge in [0.2, 0.25) is 5.91 Å². The molecule has 0 aromatic rings. The largest absolute Gasteiger partial charge is 0.382 e. The lowest BCUT2D eigenvalue weighted by Gasteiger charge is -2.20. The van der Waals surface area contributed by atoms with Crippen molar-refractivity contribution < 1.29 is 9.53 Å². The molecule has 0 saturated carbocycles. The van der Waals surface area contributed by atoms with E-state index in [4.69, 9.17) is 4.74 Å². The van der Waals surface area contributed by atoms with Gasteiger partial charge in [-0.25, -0.2) is 0 Å². The van der Waals surface area contributed by atoms with Gasteiger partial charge in [-0.1, -0.05) is 6.42 Å². The first kappa shape index (κ1) is 19.7. The van der Waals surface area contributed by atoms with Crippen molar-refractivity contribution in [3.05, 3.63) is 0 Å². The Hall–Kier alpha value is -1.30. The molecule has 0 spiro atoms. The number of amides is 1. The highest BCUT2D eigenvalue weighted by atomic mass is 16.5. The third-order valence-electron chi connectivity index (χ3n) is 3.83. The Balaban J connectivity index is 2.23. The lowest BCUT2D eigenvalue weighted by molar-refractivity contribution is -0.130. The van der Waals surface area contributed by atoms with E-state index in [2.05, 4.69) is 22.5 Å². The van der Waals surface area contributed by atoms with Crippen molar-refractivity contribution in [1.82, 2.24) is 15.5 Å². The fourth-order valence-corrected chi connectivity index (χ4v) is 2.59. The number of guanidine groups is 1. The first-order valence-electron chi connectivity index (χ1n) is 9.15. The number of ether oxygens (including phenoxy) is 1. The molecule has 6 nitrogen and oxygen atoms in total. The summed E-state index contributed by atoms with van der Waals surface area (Å²) in [6.45, 7) is 9.80. The molecule has 23 heavy (non-hydrogen) atoms. The topological polar surface area (TPSA) is 66.0 Å². The van der Waals surface area contributed by atoms with Crippen LogP contribution in [-0.4, -0.2) is 62.7 Å². The molecule has 0 bridgehead atoms. The van der Waals surface area contributed by atoms with E-state index in [0.29, 0.717) is 12.3 Å². The molecule has 6 heteroatoms. The van der Waals surface area contributed by atoms with Crippen molar-refractivity contribution in [3.8, 4) is 0 Å². The maximum absolute atomic E-state index is 11.9. The van der Waals surface area contributed by atoms with Gasteiger partial charge in [0.1, 0.15) is 0 Å². The van der Waals surface area contributed by atoms with Gasteiger partial charge in [-0.2, -0.15) is 0 Å². The van der Waals surface area contributed by atoms with Crippen molar-refractivity contribution in [2.24, 2.45) is 4.99 Å². The van der Waals surface area contributed by atoms with Gasteiger partial charge in [0.25, 0.3) is 0 Å². The van der Waals surface area contributed by atoms with Crippen LogP contribution in [0.15, 0.2) is 4.99 Å². The minimum atomic E-state index is 0.312. The highest BCUT2D eigenvalue weighted by Crippen LogP contribution is 2.11. The van der Waals surface area contributed by atoms with E-state index < -0.39 is 0 Å². The predicted molar refractivity (Wildman–Crippen MR) is 94.8 cm³/mol. The SMILES string of the molecule is CCNC(=NCCCN1CCCCCC1=O)NCCCOCC. The van der Waals surface area contributed by atoms with Gasteiger partial charge in [0, 0.05) is 52.4 Å². The molecule has 1 aliphatic rings. The van der Waals surface area contributed by atoms with Crippen LogP contribution < -0.4 is 10.6 Å². The molecule has 0 atom stereocenters. The zero-order valence-corrected chi connectivity index (χ0v) is 14.9. The molecule has 0 radical (unpaired) electrons. The van der Waals surface area contributed by atoms with Crippen molar-refractivity contribution >= 4 is 11.9 Å². The van der Waals surface area contributed by atoms with Crippen LogP contribution in [0.3, 0.4) is 0 Å². The number of rotatable bonds is 10. The number of carbonyl (C=O) groups is 1. The Bertz CT molecular complexity index is 347. The minimum absolute atomic E-state index is 0.312. The molecular weight excluding hydrogens is 292 g/mol. The van der Waals surface area contributed by atoms with Crippen molar-refractivity contribution in [2.75, 3.05) is 45.9 Å². The molecule has 1 aliphatic heterocycles. The molecule has 1 heterocycles. The van der Waals surface area contributed by atoms with Crippen LogP contribution in [0.4, 0.5) is 0 Å². The van der Waals surface area contributed by atoms with Crippen LogP contribution in [-0.2, 0) is 9.53 Å². The van der Waals surface area contributed by atoms with E-state index in [1.54, 1.807) is 0 Å². The number of carbonyl (C=O) groups excluding carboxylic acids is 1. The molecule has 0 aromatic carbocycles. The molecule has 0 unspecified atom stereocenters. The molecule has 2 N–H and O–H groups in total. The normalized spacial score (nSPS) is 16.3. The van der Waals surface area contributed by atoms with Crippen molar-refractivity contribution in [1.29, 1.82) is 0 Å². The summed E-state index contributed by atoms with van der Waals surface area (Å²) in [6, 6.07) is 0. The molecule has 134 valence electrons. The average molecular weight is 326 g/mol. The standard InChI is InChI=1S/C17H34N4O2/c1-3-18-17(20-12-9-15-23-4-2)19-11-8-14-21-13-7-5-6-10-16(21)22/h3-15H2,1-2H3,(H2,18,19,20). The minimum Gasteiger partial charge on any atom is -0.382 e. The summed E-state index contributed by atoms with van der Waals surface area (Å²) in [7, 11) is 0. The lowest BCUT2D eigenvalue weighted by Crippen LogP contribution is -2.38. The van der Waals surface area contributed by atoms with Crippen LogP contribution in [0, 0.1) is 0 Å². The molecule has 0 aromatic heterocycles. The second-order valence-corrected chi connectivity index (χ2v) is 5.78. The number of aliphatic imine (C=N–C) groups is 1. The summed E-state index contributed by atoms with van der Waals surface area (Å²) in [5.74, 6) is 1.17. The number of hydrogen-bond donors (Lipinski definition) is 2. The summed E-state index contributed by atoms with van der Waals surface area (Å²) >= 11 is 0. The smallest absolute Gasteiger partial charge is 0.222 e. The van der Waals surface area contributed by atoms with Crippen LogP contribution in [0.2, 0.25) is 0 Å². The maximum Gasteiger partial charge on any atom is 0.222 e. The quantitative estimate of drug-likeness (QED) is 0.365. The van der Waals surface area contributed by atoms with E-state index in [-0.39, 0.29) is 0 Å². The van der Waals surface area contributed by atoms with Crippen molar-refractivity contribution in [2.45, 2.75) is 52.4 Å². The van der Waals surface area contributed by atoms with Crippen LogP contribution in [0.1, 0.15) is 52.4 Å². The number of nitrogens with zero attached hydrogens (tertiary/aromatic N) is 2. The highest BCUT2D eigenvalue weighted by molar-refractivity contribution is 5.79. The summed E-state index contributed by atoms with van der Waals surface area (Å²) in [6.07, 6.45) is 5.97. The Kier molecular flexibility index (Phi) is 11.3. The van der Waals surface area contributed by atoms with E-state index in [0.717, 1.165) is 77.6 Å². The van der Waals surface area contributed by atoms with Gasteiger partial charge in [-0.3, -0.25) is 9.79 Å². The van der Waals surface area contributed by atoms with E-state index >= 15 is 0 Å². The lowest BCUT2D eigenvalue weighted by atomic mass is 10.2.